The number of likely N-dealkylation sites (N-methyl/N-ethyl adjacent to an activating group) is 1. The number of carbonyl (C=O) groups is 2. The van der Waals surface area contributed by atoms with Crippen LogP contribution in [0.3, 0.4) is 0 Å². The van der Waals surface area contributed by atoms with Crippen molar-refractivity contribution in [2.75, 3.05) is 38.1 Å². The summed E-state index contributed by atoms with van der Waals surface area (Å²) in [4.78, 5) is 31.9. The largest absolute Gasteiger partial charge is 0.573 e. The average molecular weight is 445 g/mol. The maximum Gasteiger partial charge on any atom is 0.573 e. The van der Waals surface area contributed by atoms with Gasteiger partial charge in [-0.25, -0.2) is 4.90 Å². The zero-order chi connectivity index (χ0) is 23.0. The Morgan fingerprint density at radius 1 is 0.844 bits per heavy atom. The molecule has 0 unspecified atom stereocenters. The third-order valence-corrected chi connectivity index (χ3v) is 5.55. The number of imide groups is 1. The molecule has 0 N–H and O–H groups in total. The molecule has 32 heavy (non-hydrogen) atoms. The SMILES string of the molecule is Cc1ccc(C2=C(N3CCN(C)CC3)C(=O)N(c3ccc(OC(F)(F)F)cc3)C2=O)cc1. The van der Waals surface area contributed by atoms with Crippen molar-refractivity contribution in [1.82, 2.24) is 9.80 Å². The highest BCUT2D eigenvalue weighted by Crippen LogP contribution is 2.36. The first kappa shape index (κ1) is 21.9. The van der Waals surface area contributed by atoms with Crippen LogP contribution in [0, 0.1) is 6.92 Å². The summed E-state index contributed by atoms with van der Waals surface area (Å²) in [6.45, 7) is 4.60. The summed E-state index contributed by atoms with van der Waals surface area (Å²) in [5.74, 6) is -1.41. The number of amides is 2. The predicted molar refractivity (Wildman–Crippen MR) is 113 cm³/mol. The summed E-state index contributed by atoms with van der Waals surface area (Å²) in [5.41, 5.74) is 2.45. The number of halogens is 3. The maximum atomic E-state index is 13.4. The number of aryl methyl sites for hydroxylation is 1. The van der Waals surface area contributed by atoms with E-state index in [2.05, 4.69) is 9.64 Å². The Morgan fingerprint density at radius 2 is 1.44 bits per heavy atom. The van der Waals surface area contributed by atoms with Crippen molar-refractivity contribution in [2.24, 2.45) is 0 Å². The number of hydrogen-bond donors (Lipinski definition) is 0. The van der Waals surface area contributed by atoms with Gasteiger partial charge in [-0.3, -0.25) is 9.59 Å². The highest BCUT2D eigenvalue weighted by molar-refractivity contribution is 6.45. The summed E-state index contributed by atoms with van der Waals surface area (Å²) in [6, 6.07) is 12.1. The van der Waals surface area contributed by atoms with Crippen molar-refractivity contribution >= 4 is 23.1 Å². The van der Waals surface area contributed by atoms with Gasteiger partial charge in [-0.2, -0.15) is 0 Å². The zero-order valence-corrected chi connectivity index (χ0v) is 17.6. The molecule has 2 aromatic carbocycles. The molecule has 0 bridgehead atoms. The Kier molecular flexibility index (Phi) is 5.68. The van der Waals surface area contributed by atoms with Gasteiger partial charge in [-0.15, -0.1) is 13.2 Å². The lowest BCUT2D eigenvalue weighted by Crippen LogP contribution is -2.46. The normalized spacial score (nSPS) is 18.0. The number of alkyl halides is 3. The second-order valence-electron chi connectivity index (χ2n) is 7.87. The van der Waals surface area contributed by atoms with E-state index >= 15 is 0 Å². The molecular weight excluding hydrogens is 423 g/mol. The monoisotopic (exact) mass is 445 g/mol. The topological polar surface area (TPSA) is 53.1 Å². The molecule has 9 heteroatoms. The number of carbonyl (C=O) groups excluding carboxylic acids is 2. The molecule has 0 radical (unpaired) electrons. The van der Waals surface area contributed by atoms with Gasteiger partial charge in [0.2, 0.25) is 0 Å². The Balaban J connectivity index is 1.71. The molecule has 0 atom stereocenters. The fourth-order valence-corrected chi connectivity index (χ4v) is 3.85. The Hall–Kier alpha value is -3.33. The Bertz CT molecular complexity index is 1050. The van der Waals surface area contributed by atoms with Gasteiger partial charge in [0.1, 0.15) is 11.4 Å². The van der Waals surface area contributed by atoms with Gasteiger partial charge in [0.05, 0.1) is 11.3 Å². The highest BCUT2D eigenvalue weighted by atomic mass is 19.4. The van der Waals surface area contributed by atoms with Crippen LogP contribution in [0.25, 0.3) is 5.57 Å². The van der Waals surface area contributed by atoms with E-state index in [1.165, 1.54) is 12.1 Å². The number of rotatable bonds is 4. The molecule has 168 valence electrons. The van der Waals surface area contributed by atoms with E-state index in [0.29, 0.717) is 29.9 Å². The minimum Gasteiger partial charge on any atom is -0.406 e. The van der Waals surface area contributed by atoms with Crippen LogP contribution in [0.4, 0.5) is 18.9 Å². The van der Waals surface area contributed by atoms with Gasteiger partial charge in [-0.05, 0) is 43.8 Å². The summed E-state index contributed by atoms with van der Waals surface area (Å²) < 4.78 is 41.3. The number of anilines is 1. The van der Waals surface area contributed by atoms with Crippen LogP contribution in [0.1, 0.15) is 11.1 Å². The van der Waals surface area contributed by atoms with E-state index in [9.17, 15) is 22.8 Å². The molecule has 2 aromatic rings. The average Bonchev–Trinajstić information content (AvgIpc) is 2.99. The molecule has 4 rings (SSSR count). The first-order valence-electron chi connectivity index (χ1n) is 10.1. The molecule has 1 fully saturated rings. The fraction of sp³-hybridized carbons (Fsp3) is 0.304. The Labute approximate surface area is 183 Å². The lowest BCUT2D eigenvalue weighted by atomic mass is 10.0. The van der Waals surface area contributed by atoms with Gasteiger partial charge in [0.25, 0.3) is 11.8 Å². The molecule has 1 saturated heterocycles. The summed E-state index contributed by atoms with van der Waals surface area (Å²) in [6.07, 6.45) is -4.82. The highest BCUT2D eigenvalue weighted by Gasteiger charge is 2.43. The quantitative estimate of drug-likeness (QED) is 0.675. The second kappa shape index (κ2) is 8.31. The van der Waals surface area contributed by atoms with Crippen molar-refractivity contribution in [2.45, 2.75) is 13.3 Å². The number of benzene rings is 2. The van der Waals surface area contributed by atoms with Gasteiger partial charge in [0.15, 0.2) is 0 Å². The number of ether oxygens (including phenoxy) is 1. The third kappa shape index (κ3) is 4.34. The van der Waals surface area contributed by atoms with E-state index in [4.69, 9.17) is 0 Å². The van der Waals surface area contributed by atoms with E-state index in [0.717, 1.165) is 35.7 Å². The van der Waals surface area contributed by atoms with E-state index < -0.39 is 23.9 Å². The first-order valence-corrected chi connectivity index (χ1v) is 10.1. The molecule has 2 heterocycles. The molecule has 2 amide bonds. The first-order chi connectivity index (χ1) is 15.1. The van der Waals surface area contributed by atoms with Crippen molar-refractivity contribution in [1.29, 1.82) is 0 Å². The predicted octanol–water partition coefficient (Wildman–Crippen LogP) is 3.43. The van der Waals surface area contributed by atoms with Crippen molar-refractivity contribution in [3.05, 3.63) is 65.4 Å². The lowest BCUT2D eigenvalue weighted by Gasteiger charge is -2.34. The smallest absolute Gasteiger partial charge is 0.406 e. The minimum atomic E-state index is -4.82. The molecule has 2 aliphatic heterocycles. The van der Waals surface area contributed by atoms with Crippen molar-refractivity contribution in [3.63, 3.8) is 0 Å². The van der Waals surface area contributed by atoms with Crippen molar-refractivity contribution in [3.8, 4) is 5.75 Å². The van der Waals surface area contributed by atoms with Crippen LogP contribution in [0.5, 0.6) is 5.75 Å². The molecule has 2 aliphatic rings. The van der Waals surface area contributed by atoms with Gasteiger partial charge in [-0.1, -0.05) is 29.8 Å². The van der Waals surface area contributed by atoms with Crippen molar-refractivity contribution < 1.29 is 27.5 Å². The van der Waals surface area contributed by atoms with Crippen LogP contribution >= 0.6 is 0 Å². The minimum absolute atomic E-state index is 0.184. The molecule has 0 saturated carbocycles. The second-order valence-corrected chi connectivity index (χ2v) is 7.87. The molecule has 0 spiro atoms. The summed E-state index contributed by atoms with van der Waals surface area (Å²) in [7, 11) is 1.99. The van der Waals surface area contributed by atoms with Crippen LogP contribution in [-0.4, -0.2) is 61.2 Å². The van der Waals surface area contributed by atoms with Crippen LogP contribution in [0.15, 0.2) is 54.2 Å². The van der Waals surface area contributed by atoms with E-state index in [1.807, 2.05) is 31.0 Å². The molecular formula is C23H22F3N3O3. The maximum absolute atomic E-state index is 13.4. The number of hydrogen-bond acceptors (Lipinski definition) is 5. The number of piperazine rings is 1. The third-order valence-electron chi connectivity index (χ3n) is 5.55. The Morgan fingerprint density at radius 3 is 2.00 bits per heavy atom. The van der Waals surface area contributed by atoms with Gasteiger partial charge in [0, 0.05) is 26.2 Å². The van der Waals surface area contributed by atoms with Gasteiger partial charge < -0.3 is 14.5 Å². The van der Waals surface area contributed by atoms with E-state index in [-0.39, 0.29) is 5.69 Å². The van der Waals surface area contributed by atoms with Crippen LogP contribution in [-0.2, 0) is 9.59 Å². The standard InChI is InChI=1S/C23H22F3N3O3/c1-15-3-5-16(6-4-15)19-20(28-13-11-27(2)12-14-28)22(31)29(21(19)30)17-7-9-18(10-8-17)32-23(24,25)26/h3-10H,11-14H2,1-2H3. The molecule has 0 aliphatic carbocycles. The summed E-state index contributed by atoms with van der Waals surface area (Å²) in [5, 5.41) is 0. The van der Waals surface area contributed by atoms with Crippen LogP contribution < -0.4 is 9.64 Å². The summed E-state index contributed by atoms with van der Waals surface area (Å²) >= 11 is 0. The fourth-order valence-electron chi connectivity index (χ4n) is 3.85. The van der Waals surface area contributed by atoms with E-state index in [1.54, 1.807) is 12.1 Å². The van der Waals surface area contributed by atoms with Gasteiger partial charge >= 0.3 is 6.36 Å². The number of nitrogens with zero attached hydrogens (tertiary/aromatic N) is 3. The lowest BCUT2D eigenvalue weighted by molar-refractivity contribution is -0.274. The molecule has 6 nitrogen and oxygen atoms in total. The molecule has 0 aromatic heterocycles. The van der Waals surface area contributed by atoms with Crippen LogP contribution in [0.2, 0.25) is 0 Å². The zero-order valence-electron chi connectivity index (χ0n) is 17.6.